The quantitative estimate of drug-likeness (QED) is 0.924. The number of rotatable bonds is 4. The highest BCUT2D eigenvalue weighted by atomic mass is 32.2. The van der Waals surface area contributed by atoms with Gasteiger partial charge in [-0.3, -0.25) is 4.72 Å². The third kappa shape index (κ3) is 2.82. The summed E-state index contributed by atoms with van der Waals surface area (Å²) >= 11 is 0. The molecule has 1 spiro atoms. The van der Waals surface area contributed by atoms with Gasteiger partial charge >= 0.3 is 0 Å². The fourth-order valence-corrected chi connectivity index (χ4v) is 5.09. The van der Waals surface area contributed by atoms with Crippen LogP contribution in [0.4, 0.5) is 5.69 Å². The lowest BCUT2D eigenvalue weighted by Crippen LogP contribution is -2.63. The molecule has 3 rings (SSSR count). The molecule has 0 amide bonds. The fourth-order valence-electron chi connectivity index (χ4n) is 3.37. The van der Waals surface area contributed by atoms with Gasteiger partial charge in [-0.05, 0) is 55.9 Å². The third-order valence-electron chi connectivity index (χ3n) is 4.95. The molecule has 0 aromatic heterocycles. The Hall–Kier alpha value is -1.27. The molecular weight excluding hydrogens is 302 g/mol. The number of hydrogen-bond donors (Lipinski definition) is 1. The largest absolute Gasteiger partial charge is 0.497 e. The third-order valence-corrected chi connectivity index (χ3v) is 6.79. The molecule has 1 atom stereocenters. The minimum atomic E-state index is -3.44. The van der Waals surface area contributed by atoms with Crippen molar-refractivity contribution in [3.8, 4) is 5.75 Å². The summed E-state index contributed by atoms with van der Waals surface area (Å²) in [6.45, 7) is 2.50. The summed E-state index contributed by atoms with van der Waals surface area (Å²) in [5, 5.41) is -0.449. The molecule has 0 bridgehead atoms. The van der Waals surface area contributed by atoms with Crippen molar-refractivity contribution >= 4 is 15.7 Å². The number of hydrogen-bond acceptors (Lipinski definition) is 4. The summed E-state index contributed by atoms with van der Waals surface area (Å²) in [7, 11) is -1.86. The van der Waals surface area contributed by atoms with Gasteiger partial charge in [0, 0.05) is 5.69 Å². The van der Waals surface area contributed by atoms with Crippen LogP contribution in [0, 0.1) is 5.92 Å². The van der Waals surface area contributed by atoms with Gasteiger partial charge < -0.3 is 9.47 Å². The Morgan fingerprint density at radius 2 is 1.86 bits per heavy atom. The van der Waals surface area contributed by atoms with E-state index in [0.717, 1.165) is 25.7 Å². The molecule has 1 saturated heterocycles. The summed E-state index contributed by atoms with van der Waals surface area (Å²) < 4.78 is 38.9. The summed E-state index contributed by atoms with van der Waals surface area (Å²) in [6, 6.07) is 6.91. The topological polar surface area (TPSA) is 64.6 Å². The molecule has 1 saturated carbocycles. The molecule has 22 heavy (non-hydrogen) atoms. The summed E-state index contributed by atoms with van der Waals surface area (Å²) in [5.74, 6) is 1.36. The highest BCUT2D eigenvalue weighted by Crippen LogP contribution is 2.45. The lowest BCUT2D eigenvalue weighted by atomic mass is 9.75. The predicted octanol–water partition coefficient (Wildman–Crippen LogP) is 2.78. The van der Waals surface area contributed by atoms with Gasteiger partial charge in [0.05, 0.1) is 19.3 Å². The van der Waals surface area contributed by atoms with E-state index in [2.05, 4.69) is 11.6 Å². The molecular formula is C16H23NO4S. The lowest BCUT2D eigenvalue weighted by molar-refractivity contribution is -0.163. The SMILES string of the molecule is COc1ccc(NS(=O)(=O)C2COC23CCC(C)CC3)cc1. The van der Waals surface area contributed by atoms with Crippen LogP contribution in [0.15, 0.2) is 24.3 Å². The zero-order valence-corrected chi connectivity index (χ0v) is 13.9. The van der Waals surface area contributed by atoms with Crippen molar-refractivity contribution in [3.63, 3.8) is 0 Å². The van der Waals surface area contributed by atoms with E-state index >= 15 is 0 Å². The van der Waals surface area contributed by atoms with E-state index in [1.165, 1.54) is 0 Å². The molecule has 2 aliphatic rings. The zero-order chi connectivity index (χ0) is 15.8. The normalized spacial score (nSPS) is 31.5. The maximum absolute atomic E-state index is 12.7. The monoisotopic (exact) mass is 325 g/mol. The number of benzene rings is 1. The van der Waals surface area contributed by atoms with Gasteiger partial charge in [0.1, 0.15) is 11.0 Å². The summed E-state index contributed by atoms with van der Waals surface area (Å²) in [5.41, 5.74) is 0.0946. The van der Waals surface area contributed by atoms with Gasteiger partial charge in [0.2, 0.25) is 10.0 Å². The van der Waals surface area contributed by atoms with Crippen LogP contribution >= 0.6 is 0 Å². The molecule has 122 valence electrons. The van der Waals surface area contributed by atoms with Crippen molar-refractivity contribution in [2.45, 2.75) is 43.5 Å². The molecule has 1 aliphatic heterocycles. The van der Waals surface area contributed by atoms with Crippen molar-refractivity contribution in [3.05, 3.63) is 24.3 Å². The van der Waals surface area contributed by atoms with Crippen LogP contribution in [0.3, 0.4) is 0 Å². The molecule has 1 aromatic rings. The van der Waals surface area contributed by atoms with Gasteiger partial charge in [0.15, 0.2) is 0 Å². The van der Waals surface area contributed by atoms with Crippen molar-refractivity contribution in [2.75, 3.05) is 18.4 Å². The molecule has 2 fully saturated rings. The zero-order valence-electron chi connectivity index (χ0n) is 13.0. The van der Waals surface area contributed by atoms with Crippen LogP contribution in [0.1, 0.15) is 32.6 Å². The van der Waals surface area contributed by atoms with E-state index in [4.69, 9.17) is 9.47 Å². The standard InChI is InChI=1S/C16H23NO4S/c1-12-7-9-16(10-8-12)15(11-21-16)22(18,19)17-13-3-5-14(20-2)6-4-13/h3-6,12,15,17H,7-11H2,1-2H3. The van der Waals surface area contributed by atoms with E-state index in [1.807, 2.05) is 0 Å². The molecule has 1 N–H and O–H groups in total. The lowest BCUT2D eigenvalue weighted by Gasteiger charge is -2.51. The van der Waals surface area contributed by atoms with Crippen LogP contribution in [0.5, 0.6) is 5.75 Å². The second-order valence-corrected chi connectivity index (χ2v) is 8.29. The van der Waals surface area contributed by atoms with Gasteiger partial charge in [-0.1, -0.05) is 6.92 Å². The van der Waals surface area contributed by atoms with Crippen molar-refractivity contribution in [1.29, 1.82) is 0 Å². The molecule has 1 unspecified atom stereocenters. The average Bonchev–Trinajstić information content (AvgIpc) is 2.47. The number of methoxy groups -OCH3 is 1. The molecule has 1 aromatic carbocycles. The van der Waals surface area contributed by atoms with E-state index in [0.29, 0.717) is 24.0 Å². The van der Waals surface area contributed by atoms with Crippen LogP contribution in [0.2, 0.25) is 0 Å². The van der Waals surface area contributed by atoms with Gasteiger partial charge in [-0.2, -0.15) is 0 Å². The molecule has 1 heterocycles. The number of ether oxygens (including phenoxy) is 2. The van der Waals surface area contributed by atoms with Crippen molar-refractivity contribution in [1.82, 2.24) is 0 Å². The Labute approximate surface area is 132 Å². The summed E-state index contributed by atoms with van der Waals surface area (Å²) in [6.07, 6.45) is 3.74. The molecule has 0 radical (unpaired) electrons. The number of nitrogens with one attached hydrogen (secondary N) is 1. The fraction of sp³-hybridized carbons (Fsp3) is 0.625. The number of anilines is 1. The van der Waals surface area contributed by atoms with Crippen LogP contribution < -0.4 is 9.46 Å². The highest BCUT2D eigenvalue weighted by molar-refractivity contribution is 7.93. The Bertz CT molecular complexity index is 618. The Kier molecular flexibility index (Phi) is 4.07. The Morgan fingerprint density at radius 3 is 2.36 bits per heavy atom. The minimum Gasteiger partial charge on any atom is -0.497 e. The molecule has 6 heteroatoms. The maximum atomic E-state index is 12.7. The van der Waals surface area contributed by atoms with Gasteiger partial charge in [0.25, 0.3) is 0 Å². The predicted molar refractivity (Wildman–Crippen MR) is 85.6 cm³/mol. The van der Waals surface area contributed by atoms with Crippen molar-refractivity contribution in [2.24, 2.45) is 5.92 Å². The van der Waals surface area contributed by atoms with Crippen molar-refractivity contribution < 1.29 is 17.9 Å². The van der Waals surface area contributed by atoms with Crippen LogP contribution in [0.25, 0.3) is 0 Å². The van der Waals surface area contributed by atoms with Crippen LogP contribution in [-0.4, -0.2) is 33.0 Å². The van der Waals surface area contributed by atoms with E-state index in [9.17, 15) is 8.42 Å². The molecule has 5 nitrogen and oxygen atoms in total. The molecule has 1 aliphatic carbocycles. The summed E-state index contributed by atoms with van der Waals surface area (Å²) in [4.78, 5) is 0. The first-order valence-electron chi connectivity index (χ1n) is 7.75. The Morgan fingerprint density at radius 1 is 1.23 bits per heavy atom. The van der Waals surface area contributed by atoms with E-state index < -0.39 is 20.9 Å². The van der Waals surface area contributed by atoms with Gasteiger partial charge in [-0.15, -0.1) is 0 Å². The number of sulfonamides is 1. The maximum Gasteiger partial charge on any atom is 0.240 e. The Balaban J connectivity index is 1.72. The smallest absolute Gasteiger partial charge is 0.240 e. The average molecular weight is 325 g/mol. The first-order chi connectivity index (χ1) is 10.5. The minimum absolute atomic E-state index is 0.292. The van der Waals surface area contributed by atoms with Crippen LogP contribution in [-0.2, 0) is 14.8 Å². The first kappa shape index (κ1) is 15.6. The highest BCUT2D eigenvalue weighted by Gasteiger charge is 2.55. The van der Waals surface area contributed by atoms with Gasteiger partial charge in [-0.25, -0.2) is 8.42 Å². The van der Waals surface area contributed by atoms with E-state index in [-0.39, 0.29) is 0 Å². The first-order valence-corrected chi connectivity index (χ1v) is 9.29. The van der Waals surface area contributed by atoms with E-state index in [1.54, 1.807) is 31.4 Å². The second-order valence-electron chi connectivity index (χ2n) is 6.42. The second kappa shape index (κ2) is 5.74.